The molecular weight excluding hydrogens is 301 g/mol. The predicted octanol–water partition coefficient (Wildman–Crippen LogP) is 4.75. The number of ether oxygens (including phenoxy) is 1. The van der Waals surface area contributed by atoms with Crippen molar-refractivity contribution in [3.63, 3.8) is 0 Å². The molecule has 0 atom stereocenters. The van der Waals surface area contributed by atoms with Gasteiger partial charge in [-0.15, -0.1) is 11.8 Å². The molecule has 2 aromatic rings. The minimum Gasteiger partial charge on any atom is -0.491 e. The Morgan fingerprint density at radius 1 is 1.11 bits per heavy atom. The molecule has 0 saturated heterocycles. The van der Waals surface area contributed by atoms with Gasteiger partial charge in [0.2, 0.25) is 0 Å². The van der Waals surface area contributed by atoms with Gasteiger partial charge in [0.15, 0.2) is 0 Å². The van der Waals surface area contributed by atoms with Gasteiger partial charge in [-0.1, -0.05) is 35.3 Å². The molecule has 0 fully saturated rings. The number of rotatable bonds is 5. The zero-order valence-corrected chi connectivity index (χ0v) is 12.4. The van der Waals surface area contributed by atoms with Gasteiger partial charge in [0.05, 0.1) is 11.6 Å². The minimum absolute atomic E-state index is 0.525. The number of anilines is 1. The zero-order valence-electron chi connectivity index (χ0n) is 10.1. The Bertz CT molecular complexity index is 563. The quantitative estimate of drug-likeness (QED) is 0.491. The summed E-state index contributed by atoms with van der Waals surface area (Å²) in [6.07, 6.45) is 0. The maximum Gasteiger partial charge on any atom is 0.138 e. The lowest BCUT2D eigenvalue weighted by Gasteiger charge is -2.09. The zero-order chi connectivity index (χ0) is 13.7. The van der Waals surface area contributed by atoms with Crippen molar-refractivity contribution < 1.29 is 4.74 Å². The van der Waals surface area contributed by atoms with Crippen LogP contribution < -0.4 is 10.5 Å². The highest BCUT2D eigenvalue weighted by molar-refractivity contribution is 7.99. The van der Waals surface area contributed by atoms with E-state index in [4.69, 9.17) is 33.7 Å². The van der Waals surface area contributed by atoms with Crippen LogP contribution in [0.5, 0.6) is 5.75 Å². The van der Waals surface area contributed by atoms with Crippen molar-refractivity contribution in [1.82, 2.24) is 0 Å². The van der Waals surface area contributed by atoms with Crippen LogP contribution in [-0.4, -0.2) is 12.4 Å². The van der Waals surface area contributed by atoms with Crippen LogP contribution in [0.2, 0.25) is 10.0 Å². The molecule has 0 bridgehead atoms. The fraction of sp³-hybridized carbons (Fsp3) is 0.143. The molecule has 2 N–H and O–H groups in total. The van der Waals surface area contributed by atoms with Crippen LogP contribution in [-0.2, 0) is 0 Å². The summed E-state index contributed by atoms with van der Waals surface area (Å²) >= 11 is 13.5. The summed E-state index contributed by atoms with van der Waals surface area (Å²) in [5.74, 6) is 1.44. The summed E-state index contributed by atoms with van der Waals surface area (Å²) in [7, 11) is 0. The molecule has 0 amide bonds. The van der Waals surface area contributed by atoms with Crippen LogP contribution in [0.4, 0.5) is 5.69 Å². The van der Waals surface area contributed by atoms with E-state index >= 15 is 0 Å². The fourth-order valence-corrected chi connectivity index (χ4v) is 2.77. The molecule has 2 rings (SSSR count). The van der Waals surface area contributed by atoms with E-state index in [1.807, 2.05) is 24.3 Å². The van der Waals surface area contributed by atoms with E-state index in [1.54, 1.807) is 30.0 Å². The lowest BCUT2D eigenvalue weighted by molar-refractivity contribution is 0.344. The Labute approximate surface area is 126 Å². The number of hydrogen-bond donors (Lipinski definition) is 1. The van der Waals surface area contributed by atoms with Gasteiger partial charge in [0, 0.05) is 21.4 Å². The lowest BCUT2D eigenvalue weighted by atomic mass is 10.3. The second-order valence-corrected chi connectivity index (χ2v) is 5.79. The van der Waals surface area contributed by atoms with Crippen molar-refractivity contribution in [3.05, 3.63) is 52.5 Å². The summed E-state index contributed by atoms with van der Waals surface area (Å²) in [6, 6.07) is 13.0. The van der Waals surface area contributed by atoms with E-state index in [9.17, 15) is 0 Å². The Morgan fingerprint density at radius 2 is 1.89 bits per heavy atom. The van der Waals surface area contributed by atoms with Gasteiger partial charge in [0.25, 0.3) is 0 Å². The van der Waals surface area contributed by atoms with Crippen LogP contribution in [0.25, 0.3) is 0 Å². The number of nitrogens with two attached hydrogens (primary N) is 1. The Hall–Kier alpha value is -1.03. The molecule has 0 aliphatic carbocycles. The van der Waals surface area contributed by atoms with E-state index in [1.165, 1.54) is 0 Å². The third-order valence-electron chi connectivity index (χ3n) is 2.41. The first kappa shape index (κ1) is 14.4. The monoisotopic (exact) mass is 313 g/mol. The molecule has 5 heteroatoms. The second-order valence-electron chi connectivity index (χ2n) is 3.81. The van der Waals surface area contributed by atoms with Crippen molar-refractivity contribution in [3.8, 4) is 5.75 Å². The summed E-state index contributed by atoms with van der Waals surface area (Å²) in [6.45, 7) is 0.556. The van der Waals surface area contributed by atoms with Gasteiger partial charge in [0.1, 0.15) is 5.75 Å². The van der Waals surface area contributed by atoms with E-state index in [0.29, 0.717) is 22.4 Å². The predicted molar refractivity (Wildman–Crippen MR) is 83.5 cm³/mol. The summed E-state index contributed by atoms with van der Waals surface area (Å²) in [5.41, 5.74) is 6.65. The summed E-state index contributed by atoms with van der Waals surface area (Å²) in [4.78, 5) is 1.06. The molecule has 0 spiro atoms. The first-order valence-electron chi connectivity index (χ1n) is 5.72. The Morgan fingerprint density at radius 3 is 2.63 bits per heavy atom. The number of hydrogen-bond acceptors (Lipinski definition) is 3. The third kappa shape index (κ3) is 4.23. The van der Waals surface area contributed by atoms with Crippen LogP contribution in [0.15, 0.2) is 47.4 Å². The Balaban J connectivity index is 1.83. The molecule has 0 aromatic heterocycles. The molecule has 2 aromatic carbocycles. The van der Waals surface area contributed by atoms with E-state index in [-0.39, 0.29) is 0 Å². The second kappa shape index (κ2) is 6.94. The topological polar surface area (TPSA) is 35.2 Å². The molecule has 0 aliphatic rings. The van der Waals surface area contributed by atoms with Gasteiger partial charge in [-0.25, -0.2) is 0 Å². The van der Waals surface area contributed by atoms with Crippen molar-refractivity contribution in [2.24, 2.45) is 0 Å². The summed E-state index contributed by atoms with van der Waals surface area (Å²) < 4.78 is 5.60. The van der Waals surface area contributed by atoms with Crippen LogP contribution >= 0.6 is 35.0 Å². The van der Waals surface area contributed by atoms with E-state index in [0.717, 1.165) is 16.3 Å². The van der Waals surface area contributed by atoms with Crippen molar-refractivity contribution in [2.75, 3.05) is 18.1 Å². The SMILES string of the molecule is Nc1ccccc1SCCOc1ccc(Cl)cc1Cl. The molecule has 0 unspecified atom stereocenters. The molecule has 2 nitrogen and oxygen atoms in total. The van der Waals surface area contributed by atoms with Crippen molar-refractivity contribution in [1.29, 1.82) is 0 Å². The van der Waals surface area contributed by atoms with Crippen LogP contribution in [0.1, 0.15) is 0 Å². The minimum atomic E-state index is 0.525. The van der Waals surface area contributed by atoms with Crippen molar-refractivity contribution >= 4 is 40.7 Å². The highest BCUT2D eigenvalue weighted by atomic mass is 35.5. The maximum absolute atomic E-state index is 6.01. The van der Waals surface area contributed by atoms with Gasteiger partial charge < -0.3 is 10.5 Å². The average molecular weight is 314 g/mol. The first-order chi connectivity index (χ1) is 9.16. The number of para-hydroxylation sites is 1. The maximum atomic E-state index is 6.01. The molecule has 0 heterocycles. The molecule has 19 heavy (non-hydrogen) atoms. The molecule has 0 saturated carbocycles. The molecule has 0 radical (unpaired) electrons. The number of benzene rings is 2. The largest absolute Gasteiger partial charge is 0.491 e. The van der Waals surface area contributed by atoms with Crippen LogP contribution in [0, 0.1) is 0 Å². The Kier molecular flexibility index (Phi) is 5.25. The average Bonchev–Trinajstić information content (AvgIpc) is 2.38. The third-order valence-corrected chi connectivity index (χ3v) is 4.00. The molecular formula is C14H13Cl2NOS. The van der Waals surface area contributed by atoms with Gasteiger partial charge in [-0.3, -0.25) is 0 Å². The lowest BCUT2D eigenvalue weighted by Crippen LogP contribution is -2.01. The number of thioether (sulfide) groups is 1. The highest BCUT2D eigenvalue weighted by Crippen LogP contribution is 2.28. The van der Waals surface area contributed by atoms with Gasteiger partial charge in [-0.2, -0.15) is 0 Å². The van der Waals surface area contributed by atoms with E-state index < -0.39 is 0 Å². The summed E-state index contributed by atoms with van der Waals surface area (Å²) in [5, 5.41) is 1.13. The standard InChI is InChI=1S/C14H13Cl2NOS/c15-10-5-6-13(11(16)9-10)18-7-8-19-14-4-2-1-3-12(14)17/h1-6,9H,7-8,17H2. The fourth-order valence-electron chi connectivity index (χ4n) is 1.51. The van der Waals surface area contributed by atoms with Gasteiger partial charge >= 0.3 is 0 Å². The number of halogens is 2. The van der Waals surface area contributed by atoms with Gasteiger partial charge in [-0.05, 0) is 30.3 Å². The smallest absolute Gasteiger partial charge is 0.138 e. The number of nitrogen functional groups attached to an aromatic ring is 1. The molecule has 100 valence electrons. The van der Waals surface area contributed by atoms with Crippen molar-refractivity contribution in [2.45, 2.75) is 4.90 Å². The normalized spacial score (nSPS) is 10.4. The highest BCUT2D eigenvalue weighted by Gasteiger charge is 2.03. The molecule has 0 aliphatic heterocycles. The van der Waals surface area contributed by atoms with Crippen LogP contribution in [0.3, 0.4) is 0 Å². The first-order valence-corrected chi connectivity index (χ1v) is 7.46. The van der Waals surface area contributed by atoms with E-state index in [2.05, 4.69) is 0 Å².